The minimum Gasteiger partial charge on any atom is -0.325 e. The van der Waals surface area contributed by atoms with Gasteiger partial charge in [-0.1, -0.05) is 38.1 Å². The molecule has 0 aliphatic carbocycles. The topological polar surface area (TPSA) is 128 Å². The van der Waals surface area contributed by atoms with Crippen LogP contribution in [0.4, 0.5) is 25.0 Å². The minimum atomic E-state index is -4.54. The number of aryl methyl sites for hydroxylation is 2. The van der Waals surface area contributed by atoms with Crippen molar-refractivity contribution in [2.24, 2.45) is 0 Å². The average molecular weight is 616 g/mol. The van der Waals surface area contributed by atoms with Crippen LogP contribution < -0.4 is 24.6 Å². The van der Waals surface area contributed by atoms with Crippen LogP contribution in [0.5, 0.6) is 0 Å². The highest BCUT2D eigenvalue weighted by atomic mass is 32.2. The Bertz CT molecular complexity index is 1530. The second kappa shape index (κ2) is 14.7. The van der Waals surface area contributed by atoms with Crippen LogP contribution >= 0.6 is 0 Å². The molecule has 0 aliphatic rings. The van der Waals surface area contributed by atoms with Crippen molar-refractivity contribution < 1.29 is 31.6 Å². The number of urea groups is 1. The summed E-state index contributed by atoms with van der Waals surface area (Å²) in [5.41, 5.74) is 3.20. The molecule has 0 fully saturated rings. The molecule has 43 heavy (non-hydrogen) atoms. The van der Waals surface area contributed by atoms with E-state index in [1.807, 2.05) is 42.8 Å². The van der Waals surface area contributed by atoms with Crippen LogP contribution in [0.25, 0.3) is 0 Å². The van der Waals surface area contributed by atoms with Crippen LogP contribution in [0.2, 0.25) is 0 Å². The molecule has 0 saturated heterocycles. The fourth-order valence-electron chi connectivity index (χ4n) is 4.20. The van der Waals surface area contributed by atoms with E-state index < -0.39 is 52.3 Å². The lowest BCUT2D eigenvalue weighted by Gasteiger charge is -2.25. The van der Waals surface area contributed by atoms with Crippen molar-refractivity contribution in [2.45, 2.75) is 39.2 Å². The molecule has 0 saturated carbocycles. The van der Waals surface area contributed by atoms with E-state index in [1.165, 1.54) is 23.9 Å². The highest BCUT2D eigenvalue weighted by Gasteiger charge is 2.28. The second-order valence-electron chi connectivity index (χ2n) is 9.82. The van der Waals surface area contributed by atoms with Gasteiger partial charge in [0, 0.05) is 38.0 Å². The third-order valence-corrected chi connectivity index (χ3v) is 7.75. The van der Waals surface area contributed by atoms with E-state index in [0.717, 1.165) is 36.1 Å². The van der Waals surface area contributed by atoms with Crippen LogP contribution in [0.15, 0.2) is 66.7 Å². The zero-order chi connectivity index (χ0) is 31.7. The number of nitrogens with zero attached hydrogens (tertiary/aromatic N) is 2. The molecule has 0 aliphatic heterocycles. The van der Waals surface area contributed by atoms with Gasteiger partial charge in [-0.25, -0.2) is 18.3 Å². The fraction of sp³-hybridized carbons (Fsp3) is 0.300. The van der Waals surface area contributed by atoms with Gasteiger partial charge in [-0.05, 0) is 65.9 Å². The summed E-state index contributed by atoms with van der Waals surface area (Å²) in [6.45, 7) is 3.31. The van der Waals surface area contributed by atoms with Crippen LogP contribution in [0.1, 0.15) is 30.5 Å². The number of carbonyl (C=O) groups is 3. The fourth-order valence-corrected chi connectivity index (χ4v) is 4.89. The molecule has 0 bridgehead atoms. The third kappa shape index (κ3) is 9.58. The number of hydrogen-bond donors (Lipinski definition) is 3. The lowest BCUT2D eigenvalue weighted by atomic mass is 10.0. The molecule has 0 aromatic heterocycles. The van der Waals surface area contributed by atoms with Gasteiger partial charge < -0.3 is 15.1 Å². The first-order chi connectivity index (χ1) is 20.3. The summed E-state index contributed by atoms with van der Waals surface area (Å²) < 4.78 is 56.5. The van der Waals surface area contributed by atoms with Crippen molar-refractivity contribution in [3.63, 3.8) is 0 Å². The number of hydrogen-bond acceptors (Lipinski definition) is 5. The summed E-state index contributed by atoms with van der Waals surface area (Å²) in [5.74, 6) is -3.01. The maximum absolute atomic E-state index is 13.9. The van der Waals surface area contributed by atoms with Crippen LogP contribution in [0.3, 0.4) is 0 Å². The number of benzene rings is 3. The smallest absolute Gasteiger partial charge is 0.325 e. The normalized spacial score (nSPS) is 11.9. The molecule has 0 unspecified atom stereocenters. The zero-order valence-corrected chi connectivity index (χ0v) is 25.2. The number of carbonyl (C=O) groups excluding carboxylic acids is 3. The highest BCUT2D eigenvalue weighted by Crippen LogP contribution is 2.18. The molecule has 0 spiro atoms. The molecule has 1 atom stereocenters. The molecule has 0 heterocycles. The maximum Gasteiger partial charge on any atom is 0.330 e. The maximum atomic E-state index is 13.9. The Balaban J connectivity index is 1.70. The first-order valence-electron chi connectivity index (χ1n) is 13.6. The third-order valence-electron chi connectivity index (χ3n) is 6.77. The lowest BCUT2D eigenvalue weighted by Crippen LogP contribution is -2.54. The molecular formula is C30H35F2N5O5S. The molecular weight excluding hydrogens is 580 g/mol. The minimum absolute atomic E-state index is 0.0625. The van der Waals surface area contributed by atoms with Crippen molar-refractivity contribution in [2.75, 3.05) is 30.4 Å². The van der Waals surface area contributed by atoms with E-state index in [4.69, 9.17) is 0 Å². The monoisotopic (exact) mass is 615 g/mol. The molecule has 13 heteroatoms. The summed E-state index contributed by atoms with van der Waals surface area (Å²) in [5, 5.41) is 2.28. The zero-order valence-electron chi connectivity index (χ0n) is 24.4. The Kier molecular flexibility index (Phi) is 11.3. The van der Waals surface area contributed by atoms with Crippen molar-refractivity contribution in [3.05, 3.63) is 95.1 Å². The van der Waals surface area contributed by atoms with Gasteiger partial charge in [0.2, 0.25) is 11.8 Å². The van der Waals surface area contributed by atoms with Crippen LogP contribution in [-0.4, -0.2) is 52.9 Å². The Labute approximate surface area is 250 Å². The molecule has 0 radical (unpaired) electrons. The quantitative estimate of drug-likeness (QED) is 0.288. The van der Waals surface area contributed by atoms with Gasteiger partial charge in [0.15, 0.2) is 0 Å². The van der Waals surface area contributed by atoms with Gasteiger partial charge >= 0.3 is 16.2 Å². The van der Waals surface area contributed by atoms with Crippen LogP contribution in [0, 0.1) is 11.6 Å². The number of anilines is 2. The predicted molar refractivity (Wildman–Crippen MR) is 161 cm³/mol. The second-order valence-corrected chi connectivity index (χ2v) is 11.3. The first kappa shape index (κ1) is 33.1. The largest absolute Gasteiger partial charge is 0.330 e. The Morgan fingerprint density at radius 3 is 1.74 bits per heavy atom. The van der Waals surface area contributed by atoms with Crippen molar-refractivity contribution in [3.8, 4) is 0 Å². The van der Waals surface area contributed by atoms with Gasteiger partial charge in [-0.3, -0.25) is 9.59 Å². The van der Waals surface area contributed by atoms with Crippen molar-refractivity contribution >= 4 is 39.4 Å². The van der Waals surface area contributed by atoms with Crippen LogP contribution in [-0.2, 0) is 39.1 Å². The van der Waals surface area contributed by atoms with E-state index in [1.54, 1.807) is 29.0 Å². The Hall–Kier alpha value is -4.36. The number of nitrogens with one attached hydrogen (secondary N) is 3. The van der Waals surface area contributed by atoms with Gasteiger partial charge in [-0.2, -0.15) is 13.1 Å². The SMILES string of the molecule is CCc1ccc(N(C)C(=O)CNS(=O)(=O)NC(=O)N[C@@H](Cc2cc(F)cc(F)c2)C(=O)N(C)c2ccc(CC)cc2)cc1. The average Bonchev–Trinajstić information content (AvgIpc) is 2.97. The van der Waals surface area contributed by atoms with Gasteiger partial charge in [-0.15, -0.1) is 0 Å². The lowest BCUT2D eigenvalue weighted by molar-refractivity contribution is -0.120. The molecule has 10 nitrogen and oxygen atoms in total. The Morgan fingerprint density at radius 2 is 1.26 bits per heavy atom. The van der Waals surface area contributed by atoms with E-state index >= 15 is 0 Å². The van der Waals surface area contributed by atoms with Gasteiger partial charge in [0.25, 0.3) is 0 Å². The molecule has 3 aromatic rings. The number of halogens is 2. The number of amides is 4. The summed E-state index contributed by atoms with van der Waals surface area (Å²) in [4.78, 5) is 41.2. The summed E-state index contributed by atoms with van der Waals surface area (Å²) >= 11 is 0. The standard InChI is InChI=1S/C30H35F2N5O5S/c1-5-20-7-11-25(12-8-20)36(3)28(38)19-33-43(41,42)35-30(40)34-27(17-22-15-23(31)18-24(32)16-22)29(39)37(4)26-13-9-21(6-2)10-14-26/h7-16,18,27,33H,5-6,17,19H2,1-4H3,(H2,34,35,40)/t27-/m0/s1. The predicted octanol–water partition coefficient (Wildman–Crippen LogP) is 3.46. The summed E-state index contributed by atoms with van der Waals surface area (Å²) in [6, 6.07) is 14.2. The van der Waals surface area contributed by atoms with E-state index in [2.05, 4.69) is 5.32 Å². The molecule has 3 rings (SSSR count). The first-order valence-corrected chi connectivity index (χ1v) is 15.0. The van der Waals surface area contributed by atoms with E-state index in [0.29, 0.717) is 17.4 Å². The van der Waals surface area contributed by atoms with Gasteiger partial charge in [0.05, 0.1) is 6.54 Å². The Morgan fingerprint density at radius 1 is 0.767 bits per heavy atom. The summed E-state index contributed by atoms with van der Waals surface area (Å²) in [7, 11) is -1.61. The van der Waals surface area contributed by atoms with Gasteiger partial charge in [0.1, 0.15) is 17.7 Å². The van der Waals surface area contributed by atoms with E-state index in [9.17, 15) is 31.6 Å². The van der Waals surface area contributed by atoms with E-state index in [-0.39, 0.29) is 12.0 Å². The van der Waals surface area contributed by atoms with Crippen molar-refractivity contribution in [1.82, 2.24) is 14.8 Å². The summed E-state index contributed by atoms with van der Waals surface area (Å²) in [6.07, 6.45) is 1.26. The molecule has 230 valence electrons. The number of likely N-dealkylation sites (N-methyl/N-ethyl adjacent to an activating group) is 2. The van der Waals surface area contributed by atoms with Crippen molar-refractivity contribution in [1.29, 1.82) is 0 Å². The highest BCUT2D eigenvalue weighted by molar-refractivity contribution is 7.88. The molecule has 3 aromatic carbocycles. The molecule has 3 N–H and O–H groups in total. The number of rotatable bonds is 12. The molecule has 4 amide bonds.